The maximum atomic E-state index is 4.14. The van der Waals surface area contributed by atoms with Gasteiger partial charge >= 0.3 is 0 Å². The van der Waals surface area contributed by atoms with Gasteiger partial charge in [0.2, 0.25) is 0 Å². The molecule has 74 valence electrons. The van der Waals surface area contributed by atoms with E-state index in [0.717, 1.165) is 22.0 Å². The van der Waals surface area contributed by atoms with Crippen LogP contribution in [0, 0.1) is 0 Å². The molecule has 15 heavy (non-hydrogen) atoms. The molecule has 0 amide bonds. The van der Waals surface area contributed by atoms with Crippen LogP contribution in [0.25, 0.3) is 6.08 Å². The molecule has 0 fully saturated rings. The van der Waals surface area contributed by atoms with Crippen LogP contribution < -0.4 is 20.1 Å². The van der Waals surface area contributed by atoms with Gasteiger partial charge in [-0.15, -0.1) is 5.11 Å². The van der Waals surface area contributed by atoms with Gasteiger partial charge in [0.15, 0.2) is 0 Å². The van der Waals surface area contributed by atoms with Gasteiger partial charge in [-0.25, -0.2) is 5.53 Å². The summed E-state index contributed by atoms with van der Waals surface area (Å²) in [7, 11) is 0. The normalized spacial score (nSPS) is 15.9. The predicted molar refractivity (Wildman–Crippen MR) is 59.9 cm³/mol. The summed E-state index contributed by atoms with van der Waals surface area (Å²) in [6.07, 6.45) is 5.49. The molecule has 0 aliphatic carbocycles. The van der Waals surface area contributed by atoms with E-state index in [1.165, 1.54) is 0 Å². The fraction of sp³-hybridized carbons (Fsp3) is 0. The molecule has 0 bridgehead atoms. The van der Waals surface area contributed by atoms with Gasteiger partial charge in [-0.05, 0) is 12.1 Å². The zero-order valence-electron chi connectivity index (χ0n) is 7.55. The number of benzene rings is 1. The van der Waals surface area contributed by atoms with E-state index in [0.29, 0.717) is 0 Å². The van der Waals surface area contributed by atoms with Crippen molar-refractivity contribution in [2.75, 3.05) is 4.03 Å². The highest BCUT2D eigenvalue weighted by Crippen LogP contribution is 2.25. The Kier molecular flexibility index (Phi) is 1.81. The predicted octanol–water partition coefficient (Wildman–Crippen LogP) is 1.25. The molecule has 3 rings (SSSR count). The van der Waals surface area contributed by atoms with E-state index in [4.69, 9.17) is 0 Å². The molecule has 5 nitrogen and oxygen atoms in total. The van der Waals surface area contributed by atoms with E-state index < -0.39 is 0 Å². The first-order valence-corrected chi connectivity index (χ1v) is 5.07. The molecule has 2 aliphatic rings. The summed E-state index contributed by atoms with van der Waals surface area (Å²) in [6.45, 7) is 0. The van der Waals surface area contributed by atoms with E-state index in [9.17, 15) is 0 Å². The fourth-order valence-electron chi connectivity index (χ4n) is 1.53. The Bertz CT molecular complexity index is 589. The topological polar surface area (TPSA) is 52.3 Å². The number of anilines is 1. The Morgan fingerprint density at radius 3 is 3.20 bits per heavy atom. The highest BCUT2D eigenvalue weighted by molar-refractivity contribution is 9.10. The van der Waals surface area contributed by atoms with Gasteiger partial charge in [-0.1, -0.05) is 12.1 Å². The quantitative estimate of drug-likeness (QED) is 0.717. The molecule has 0 radical (unpaired) electrons. The molecule has 2 heterocycles. The van der Waals surface area contributed by atoms with Gasteiger partial charge in [0.1, 0.15) is 16.7 Å². The zero-order chi connectivity index (χ0) is 10.3. The molecule has 0 atom stereocenters. The van der Waals surface area contributed by atoms with Crippen molar-refractivity contribution in [1.82, 2.24) is 5.53 Å². The van der Waals surface area contributed by atoms with Crippen molar-refractivity contribution in [1.29, 1.82) is 0 Å². The van der Waals surface area contributed by atoms with Crippen molar-refractivity contribution >= 4 is 33.6 Å². The maximum absolute atomic E-state index is 4.14. The second-order valence-electron chi connectivity index (χ2n) is 3.09. The molecule has 1 N–H and O–H groups in total. The number of nitrogens with one attached hydrogen (secondary N) is 1. The van der Waals surface area contributed by atoms with Crippen LogP contribution in [0.5, 0.6) is 0 Å². The summed E-state index contributed by atoms with van der Waals surface area (Å²) < 4.78 is 1.65. The number of fused-ring (bicyclic) bond motifs is 3. The van der Waals surface area contributed by atoms with Crippen LogP contribution in [0.3, 0.4) is 0 Å². The summed E-state index contributed by atoms with van der Waals surface area (Å²) in [4.78, 5) is 0. The minimum atomic E-state index is 0.808. The molecule has 0 unspecified atom stereocenters. The van der Waals surface area contributed by atoms with Gasteiger partial charge in [0.05, 0.1) is 16.1 Å². The Morgan fingerprint density at radius 2 is 2.27 bits per heavy atom. The highest BCUT2D eigenvalue weighted by Gasteiger charge is 2.17. The van der Waals surface area contributed by atoms with Crippen LogP contribution >= 0.6 is 16.1 Å². The van der Waals surface area contributed by atoms with Crippen molar-refractivity contribution in [2.45, 2.75) is 0 Å². The van der Waals surface area contributed by atoms with Crippen LogP contribution in [0.1, 0.15) is 0 Å². The number of rotatable bonds is 0. The average molecular weight is 264 g/mol. The third kappa shape index (κ3) is 1.25. The smallest absolute Gasteiger partial charge is 0.127 e. The fourth-order valence-corrected chi connectivity index (χ4v) is 1.96. The van der Waals surface area contributed by atoms with E-state index in [-0.39, 0.29) is 0 Å². The number of allylic oxidation sites excluding steroid dienone is 1. The Hall–Kier alpha value is -1.69. The van der Waals surface area contributed by atoms with E-state index >= 15 is 0 Å². The van der Waals surface area contributed by atoms with Gasteiger partial charge in [-0.3, -0.25) is 0 Å². The molecule has 6 heteroatoms. The first-order chi connectivity index (χ1) is 7.36. The Morgan fingerprint density at radius 1 is 1.33 bits per heavy atom. The van der Waals surface area contributed by atoms with Gasteiger partial charge in [0, 0.05) is 11.4 Å². The molecule has 1 aromatic carbocycles. The van der Waals surface area contributed by atoms with Crippen LogP contribution in [0.15, 0.2) is 39.7 Å². The lowest BCUT2D eigenvalue weighted by atomic mass is 10.2. The first-order valence-electron chi connectivity index (χ1n) is 4.36. The summed E-state index contributed by atoms with van der Waals surface area (Å²) in [5.74, 6) is 0. The molecule has 0 spiro atoms. The number of nitrogens with zero attached hydrogens (tertiary/aromatic N) is 4. The second-order valence-corrected chi connectivity index (χ2v) is 3.80. The highest BCUT2D eigenvalue weighted by atomic mass is 79.9. The lowest BCUT2D eigenvalue weighted by molar-refractivity contribution is 0.838. The number of hydrazine groups is 1. The van der Waals surface area contributed by atoms with Crippen LogP contribution in [0.4, 0.5) is 11.4 Å². The maximum Gasteiger partial charge on any atom is 0.127 e. The minimum Gasteiger partial charge on any atom is -0.207 e. The van der Waals surface area contributed by atoms with Crippen molar-refractivity contribution < 1.29 is 0 Å². The second kappa shape index (κ2) is 3.16. The van der Waals surface area contributed by atoms with Gasteiger partial charge < -0.3 is 0 Å². The molecule has 0 saturated carbocycles. The number of azo groups is 1. The zero-order valence-corrected chi connectivity index (χ0v) is 9.14. The number of hydrogen-bond donors (Lipinski definition) is 1. The molecule has 0 aromatic heterocycles. The van der Waals surface area contributed by atoms with Crippen LogP contribution in [0.2, 0.25) is 0 Å². The summed E-state index contributed by atoms with van der Waals surface area (Å²) in [6, 6.07) is 3.91. The average Bonchev–Trinajstić information content (AvgIpc) is 2.51. The standard InChI is InChI=1S/C9H6BrN5/c10-15-9-7(12-14-15)4-3-6-2-1-5-11-13-8(6)9/h1-5,14H. The van der Waals surface area contributed by atoms with Crippen molar-refractivity contribution in [3.63, 3.8) is 0 Å². The SMILES string of the molecule is BrN1NN=c2ccc3c(c21)N=NC=CC=3. The first kappa shape index (κ1) is 8.60. The lowest BCUT2D eigenvalue weighted by Crippen LogP contribution is -2.20. The molecule has 0 saturated heterocycles. The largest absolute Gasteiger partial charge is 0.207 e. The summed E-state index contributed by atoms with van der Waals surface area (Å²) >= 11 is 3.33. The summed E-state index contributed by atoms with van der Waals surface area (Å²) in [5, 5.41) is 14.0. The molecule has 2 aliphatic heterocycles. The number of halogens is 1. The Labute approximate surface area is 93.8 Å². The third-order valence-corrected chi connectivity index (χ3v) is 2.72. The molecule has 1 aromatic rings. The van der Waals surface area contributed by atoms with Crippen LogP contribution in [-0.4, -0.2) is 0 Å². The van der Waals surface area contributed by atoms with E-state index in [1.54, 1.807) is 10.2 Å². The van der Waals surface area contributed by atoms with Gasteiger partial charge in [0.25, 0.3) is 0 Å². The van der Waals surface area contributed by atoms with Crippen molar-refractivity contribution in [3.8, 4) is 0 Å². The van der Waals surface area contributed by atoms with E-state index in [1.807, 2.05) is 24.3 Å². The van der Waals surface area contributed by atoms with Crippen LogP contribution in [-0.2, 0) is 0 Å². The van der Waals surface area contributed by atoms with Crippen molar-refractivity contribution in [3.05, 3.63) is 35.0 Å². The third-order valence-electron chi connectivity index (χ3n) is 2.20. The molecular formula is C9H6BrN5. The number of hydrogen-bond acceptors (Lipinski definition) is 5. The Balaban J connectivity index is 2.41. The summed E-state index contributed by atoms with van der Waals surface area (Å²) in [5.41, 5.74) is 4.49. The monoisotopic (exact) mass is 263 g/mol. The van der Waals surface area contributed by atoms with Crippen molar-refractivity contribution in [2.24, 2.45) is 15.3 Å². The molecular weight excluding hydrogens is 258 g/mol. The van der Waals surface area contributed by atoms with E-state index in [2.05, 4.69) is 37.0 Å². The lowest BCUT2D eigenvalue weighted by Gasteiger charge is -2.09. The minimum absolute atomic E-state index is 0.808. The van der Waals surface area contributed by atoms with Gasteiger partial charge in [-0.2, -0.15) is 14.3 Å².